The van der Waals surface area contributed by atoms with Crippen LogP contribution in [0.15, 0.2) is 23.5 Å². The van der Waals surface area contributed by atoms with Crippen LogP contribution in [0.2, 0.25) is 0 Å². The van der Waals surface area contributed by atoms with Crippen molar-refractivity contribution in [1.82, 2.24) is 10.3 Å². The van der Waals surface area contributed by atoms with Crippen LogP contribution in [0.25, 0.3) is 0 Å². The molecule has 2 rings (SSSR count). The van der Waals surface area contributed by atoms with Crippen molar-refractivity contribution in [2.75, 3.05) is 0 Å². The maximum Gasteiger partial charge on any atom is 0.270 e. The van der Waals surface area contributed by atoms with Gasteiger partial charge in [-0.15, -0.1) is 0 Å². The summed E-state index contributed by atoms with van der Waals surface area (Å²) in [5, 5.41) is 14.3. The van der Waals surface area contributed by atoms with Gasteiger partial charge >= 0.3 is 0 Å². The Bertz CT molecular complexity index is 463. The minimum Gasteiger partial charge on any atom is -0.409 e. The highest BCUT2D eigenvalue weighted by molar-refractivity contribution is 5.98. The Hall–Kier alpha value is -2.11. The molecule has 0 radical (unpaired) electrons. The van der Waals surface area contributed by atoms with E-state index in [0.717, 1.165) is 12.8 Å². The van der Waals surface area contributed by atoms with E-state index in [2.05, 4.69) is 22.4 Å². The number of nitrogens with two attached hydrogens (primary N) is 1. The maximum atomic E-state index is 11.8. The maximum absolute atomic E-state index is 11.8. The molecule has 4 N–H and O–H groups in total. The number of carbonyl (C=O) groups excluding carboxylic acids is 1. The van der Waals surface area contributed by atoms with E-state index in [1.807, 2.05) is 0 Å². The van der Waals surface area contributed by atoms with Crippen molar-refractivity contribution in [1.29, 1.82) is 0 Å². The highest BCUT2D eigenvalue weighted by Gasteiger charge is 2.27. The molecule has 0 aliphatic heterocycles. The van der Waals surface area contributed by atoms with Gasteiger partial charge in [-0.1, -0.05) is 12.1 Å². The third-order valence-corrected chi connectivity index (χ3v) is 3.11. The molecule has 96 valence electrons. The highest BCUT2D eigenvalue weighted by Crippen LogP contribution is 2.26. The van der Waals surface area contributed by atoms with Gasteiger partial charge in [0.25, 0.3) is 5.91 Å². The van der Waals surface area contributed by atoms with Crippen molar-refractivity contribution in [3.63, 3.8) is 0 Å². The lowest BCUT2D eigenvalue weighted by molar-refractivity contribution is 0.0891. The standard InChI is InChI=1S/C12H16N4O2/c1-7-4-9(5-7)15-12(17)10-3-2-8(6-14-10)11(13)16-18/h2-3,6-7,9,18H,4-5H2,1H3,(H2,13,16)(H,15,17). The zero-order valence-electron chi connectivity index (χ0n) is 10.1. The molecule has 0 unspecified atom stereocenters. The smallest absolute Gasteiger partial charge is 0.270 e. The second kappa shape index (κ2) is 5.03. The van der Waals surface area contributed by atoms with E-state index in [-0.39, 0.29) is 17.8 Å². The van der Waals surface area contributed by atoms with Gasteiger partial charge in [-0.25, -0.2) is 0 Å². The predicted molar refractivity (Wildman–Crippen MR) is 66.4 cm³/mol. The van der Waals surface area contributed by atoms with Gasteiger partial charge in [0.1, 0.15) is 5.69 Å². The number of pyridine rings is 1. The second-order valence-electron chi connectivity index (χ2n) is 4.66. The van der Waals surface area contributed by atoms with Gasteiger partial charge < -0.3 is 16.3 Å². The Morgan fingerprint density at radius 1 is 1.56 bits per heavy atom. The Morgan fingerprint density at radius 2 is 2.28 bits per heavy atom. The zero-order chi connectivity index (χ0) is 13.1. The fraction of sp³-hybridized carbons (Fsp3) is 0.417. The Balaban J connectivity index is 1.98. The number of hydrogen-bond acceptors (Lipinski definition) is 4. The predicted octanol–water partition coefficient (Wildman–Crippen LogP) is 0.704. The first-order chi connectivity index (χ1) is 8.60. The van der Waals surface area contributed by atoms with E-state index in [1.165, 1.54) is 6.20 Å². The summed E-state index contributed by atoms with van der Waals surface area (Å²) in [6.45, 7) is 2.16. The monoisotopic (exact) mass is 248 g/mol. The van der Waals surface area contributed by atoms with Crippen molar-refractivity contribution in [2.24, 2.45) is 16.8 Å². The van der Waals surface area contributed by atoms with Crippen molar-refractivity contribution in [3.8, 4) is 0 Å². The van der Waals surface area contributed by atoms with Crippen molar-refractivity contribution >= 4 is 11.7 Å². The summed E-state index contributed by atoms with van der Waals surface area (Å²) in [7, 11) is 0. The van der Waals surface area contributed by atoms with E-state index in [0.29, 0.717) is 17.2 Å². The summed E-state index contributed by atoms with van der Waals surface area (Å²) in [5.41, 5.74) is 6.22. The first kappa shape index (κ1) is 12.3. The Kier molecular flexibility index (Phi) is 3.45. The van der Waals surface area contributed by atoms with Crippen molar-refractivity contribution < 1.29 is 10.0 Å². The normalized spacial score (nSPS) is 23.3. The van der Waals surface area contributed by atoms with Crippen LogP contribution in [0.4, 0.5) is 0 Å². The van der Waals surface area contributed by atoms with Crippen LogP contribution in [0, 0.1) is 5.92 Å². The number of rotatable bonds is 3. The lowest BCUT2D eigenvalue weighted by Crippen LogP contribution is -2.43. The largest absolute Gasteiger partial charge is 0.409 e. The highest BCUT2D eigenvalue weighted by atomic mass is 16.4. The van der Waals surface area contributed by atoms with Gasteiger partial charge in [0.2, 0.25) is 0 Å². The molecule has 1 aliphatic carbocycles. The van der Waals surface area contributed by atoms with Crippen LogP contribution in [-0.2, 0) is 0 Å². The molecule has 1 fully saturated rings. The molecule has 18 heavy (non-hydrogen) atoms. The third-order valence-electron chi connectivity index (χ3n) is 3.11. The topological polar surface area (TPSA) is 101 Å². The molecule has 0 aromatic carbocycles. The number of amides is 1. The van der Waals surface area contributed by atoms with E-state index in [9.17, 15) is 4.79 Å². The van der Waals surface area contributed by atoms with Gasteiger partial charge in [-0.05, 0) is 30.9 Å². The average Bonchev–Trinajstić information content (AvgIpc) is 2.36. The Morgan fingerprint density at radius 3 is 2.78 bits per heavy atom. The number of nitrogens with one attached hydrogen (secondary N) is 1. The fourth-order valence-electron chi connectivity index (χ4n) is 2.02. The number of aromatic nitrogens is 1. The van der Waals surface area contributed by atoms with Crippen LogP contribution in [-0.4, -0.2) is 28.0 Å². The van der Waals surface area contributed by atoms with Crippen LogP contribution in [0.5, 0.6) is 0 Å². The lowest BCUT2D eigenvalue weighted by Gasteiger charge is -2.33. The summed E-state index contributed by atoms with van der Waals surface area (Å²) in [6, 6.07) is 3.42. The lowest BCUT2D eigenvalue weighted by atomic mass is 9.82. The molecule has 6 nitrogen and oxygen atoms in total. The van der Waals surface area contributed by atoms with Crippen molar-refractivity contribution in [3.05, 3.63) is 29.6 Å². The molecule has 0 bridgehead atoms. The minimum atomic E-state index is -0.182. The average molecular weight is 248 g/mol. The number of carbonyl (C=O) groups is 1. The molecule has 1 aromatic heterocycles. The van der Waals surface area contributed by atoms with Gasteiger partial charge in [0, 0.05) is 17.8 Å². The van der Waals surface area contributed by atoms with Crippen molar-refractivity contribution in [2.45, 2.75) is 25.8 Å². The fourth-order valence-corrected chi connectivity index (χ4v) is 2.02. The van der Waals surface area contributed by atoms with E-state index in [4.69, 9.17) is 10.9 Å². The minimum absolute atomic E-state index is 0.0257. The molecule has 1 saturated carbocycles. The molecular weight excluding hydrogens is 232 g/mol. The van der Waals surface area contributed by atoms with Gasteiger partial charge in [-0.3, -0.25) is 9.78 Å². The summed E-state index contributed by atoms with van der Waals surface area (Å²) in [5.74, 6) is 0.478. The number of hydrogen-bond donors (Lipinski definition) is 3. The quantitative estimate of drug-likeness (QED) is 0.317. The molecule has 0 saturated heterocycles. The Labute approximate surface area is 105 Å². The number of amidine groups is 1. The molecule has 6 heteroatoms. The number of oxime groups is 1. The summed E-state index contributed by atoms with van der Waals surface area (Å²) in [4.78, 5) is 15.8. The first-order valence-electron chi connectivity index (χ1n) is 5.85. The molecule has 1 amide bonds. The number of nitrogens with zero attached hydrogens (tertiary/aromatic N) is 2. The third kappa shape index (κ3) is 2.58. The van der Waals surface area contributed by atoms with Gasteiger partial charge in [0.05, 0.1) is 0 Å². The molecule has 0 spiro atoms. The van der Waals surface area contributed by atoms with Gasteiger partial charge in [0.15, 0.2) is 5.84 Å². The first-order valence-corrected chi connectivity index (χ1v) is 5.85. The van der Waals surface area contributed by atoms with Crippen LogP contribution in [0.3, 0.4) is 0 Å². The van der Waals surface area contributed by atoms with E-state index >= 15 is 0 Å². The molecular formula is C12H16N4O2. The molecule has 0 atom stereocenters. The van der Waals surface area contributed by atoms with Crippen LogP contribution >= 0.6 is 0 Å². The summed E-state index contributed by atoms with van der Waals surface area (Å²) < 4.78 is 0. The van der Waals surface area contributed by atoms with E-state index in [1.54, 1.807) is 12.1 Å². The van der Waals surface area contributed by atoms with Gasteiger partial charge in [-0.2, -0.15) is 0 Å². The molecule has 1 aliphatic rings. The van der Waals surface area contributed by atoms with E-state index < -0.39 is 0 Å². The zero-order valence-corrected chi connectivity index (χ0v) is 10.1. The summed E-state index contributed by atoms with van der Waals surface area (Å²) >= 11 is 0. The van der Waals surface area contributed by atoms with Crippen LogP contribution in [0.1, 0.15) is 35.8 Å². The molecule has 1 heterocycles. The SMILES string of the molecule is CC1CC(NC(=O)c2ccc(/C(N)=N/O)cn2)C1. The molecule has 1 aromatic rings. The van der Waals surface area contributed by atoms with Crippen LogP contribution < -0.4 is 11.1 Å². The summed E-state index contributed by atoms with van der Waals surface area (Å²) in [6.07, 6.45) is 3.45. The second-order valence-corrected chi connectivity index (χ2v) is 4.66.